The molecule has 6 nitrogen and oxygen atoms in total. The maximum atomic E-state index is 12.2. The van der Waals surface area contributed by atoms with E-state index in [-0.39, 0.29) is 12.4 Å². The molecule has 0 spiro atoms. The maximum absolute atomic E-state index is 12.2. The average molecular weight is 427 g/mol. The van der Waals surface area contributed by atoms with Gasteiger partial charge in [0.25, 0.3) is 0 Å². The Kier molecular flexibility index (Phi) is 6.02. The second kappa shape index (κ2) is 8.21. The largest absolute Gasteiger partial charge is 0.460 e. The summed E-state index contributed by atoms with van der Waals surface area (Å²) in [4.78, 5) is 12.4. The molecule has 158 valence electrons. The van der Waals surface area contributed by atoms with Crippen LogP contribution in [0.2, 0.25) is 0 Å². The Morgan fingerprint density at radius 3 is 2.40 bits per heavy atom. The van der Waals surface area contributed by atoms with Crippen LogP contribution in [0.5, 0.6) is 0 Å². The molecule has 30 heavy (non-hydrogen) atoms. The lowest BCUT2D eigenvalue weighted by Crippen LogP contribution is -2.25. The smallest absolute Gasteiger partial charge is 0.307 e. The average Bonchev–Trinajstić information content (AvgIpc) is 2.88. The van der Waals surface area contributed by atoms with Gasteiger partial charge in [0.2, 0.25) is 10.0 Å². The number of fused-ring (bicyclic) bond motifs is 1. The Bertz CT molecular complexity index is 1090. The normalized spacial score (nSPS) is 16.5. The highest BCUT2D eigenvalue weighted by Crippen LogP contribution is 2.32. The van der Waals surface area contributed by atoms with Crippen molar-refractivity contribution in [3.05, 3.63) is 53.6 Å². The molecule has 1 heterocycles. The molecule has 0 unspecified atom stereocenters. The third-order valence-electron chi connectivity index (χ3n) is 4.93. The summed E-state index contributed by atoms with van der Waals surface area (Å²) >= 11 is 0. The van der Waals surface area contributed by atoms with Gasteiger partial charge < -0.3 is 4.74 Å². The van der Waals surface area contributed by atoms with E-state index in [0.717, 1.165) is 22.3 Å². The Morgan fingerprint density at radius 1 is 1.17 bits per heavy atom. The Morgan fingerprint density at radius 2 is 1.80 bits per heavy atom. The first kappa shape index (κ1) is 22.0. The molecule has 0 saturated heterocycles. The van der Waals surface area contributed by atoms with Gasteiger partial charge in [0.1, 0.15) is 5.60 Å². The van der Waals surface area contributed by atoms with Gasteiger partial charge in [-0.15, -0.1) is 0 Å². The first-order valence-electron chi connectivity index (χ1n) is 9.79. The molecule has 7 heteroatoms. The van der Waals surface area contributed by atoms with E-state index in [2.05, 4.69) is 6.07 Å². The lowest BCUT2D eigenvalue weighted by Gasteiger charge is -2.20. The van der Waals surface area contributed by atoms with Crippen molar-refractivity contribution in [1.29, 1.82) is 5.26 Å². The van der Waals surface area contributed by atoms with Gasteiger partial charge in [-0.25, -0.2) is 8.42 Å². The molecule has 0 radical (unpaired) electrons. The number of hydrogen-bond acceptors (Lipinski definition) is 5. The highest BCUT2D eigenvalue weighted by molar-refractivity contribution is 7.89. The zero-order valence-electron chi connectivity index (χ0n) is 17.7. The second-order valence-corrected chi connectivity index (χ2v) is 10.6. The number of carbonyl (C=O) groups excluding carboxylic acids is 1. The molecule has 3 rings (SSSR count). The van der Waals surface area contributed by atoms with E-state index in [1.54, 1.807) is 33.9 Å². The fourth-order valence-corrected chi connectivity index (χ4v) is 4.83. The van der Waals surface area contributed by atoms with E-state index in [9.17, 15) is 18.5 Å². The lowest BCUT2D eigenvalue weighted by atomic mass is 9.95. The number of benzene rings is 2. The van der Waals surface area contributed by atoms with Crippen LogP contribution < -0.4 is 0 Å². The van der Waals surface area contributed by atoms with Crippen LogP contribution in [0.25, 0.3) is 11.1 Å². The van der Waals surface area contributed by atoms with Gasteiger partial charge in [-0.1, -0.05) is 30.3 Å². The number of sulfonamides is 1. The van der Waals surface area contributed by atoms with Gasteiger partial charge in [0, 0.05) is 13.6 Å². The molecule has 0 fully saturated rings. The van der Waals surface area contributed by atoms with Gasteiger partial charge in [0.05, 0.1) is 23.3 Å². The summed E-state index contributed by atoms with van der Waals surface area (Å²) < 4.78 is 31.1. The molecular weight excluding hydrogens is 400 g/mol. The quantitative estimate of drug-likeness (QED) is 0.677. The summed E-state index contributed by atoms with van der Waals surface area (Å²) in [5.41, 5.74) is 3.09. The van der Waals surface area contributed by atoms with E-state index in [0.29, 0.717) is 17.9 Å². The van der Waals surface area contributed by atoms with Crippen LogP contribution in [0.15, 0.2) is 47.4 Å². The van der Waals surface area contributed by atoms with Gasteiger partial charge >= 0.3 is 5.97 Å². The van der Waals surface area contributed by atoms with Crippen molar-refractivity contribution in [3.63, 3.8) is 0 Å². The van der Waals surface area contributed by atoms with Crippen molar-refractivity contribution in [2.75, 3.05) is 7.05 Å². The van der Waals surface area contributed by atoms with Crippen molar-refractivity contribution in [2.45, 2.75) is 50.7 Å². The van der Waals surface area contributed by atoms with Crippen molar-refractivity contribution in [2.24, 2.45) is 5.92 Å². The molecule has 0 aromatic heterocycles. The van der Waals surface area contributed by atoms with Crippen LogP contribution in [0, 0.1) is 17.2 Å². The number of carbonyl (C=O) groups is 1. The van der Waals surface area contributed by atoms with Crippen LogP contribution in [0.4, 0.5) is 0 Å². The SMILES string of the molecule is CN1Cc2cc(-c3ccc(C[C@@H](C#N)CC(=O)OC(C)(C)C)cc3)ccc2S1(=O)=O. The minimum absolute atomic E-state index is 0.0579. The maximum Gasteiger partial charge on any atom is 0.307 e. The minimum atomic E-state index is -3.36. The summed E-state index contributed by atoms with van der Waals surface area (Å²) in [7, 11) is -1.79. The molecule has 1 atom stereocenters. The predicted molar refractivity (Wildman–Crippen MR) is 114 cm³/mol. The molecule has 1 aliphatic rings. The molecular formula is C23H26N2O4S. The summed E-state index contributed by atoms with van der Waals surface area (Å²) in [6.45, 7) is 5.78. The van der Waals surface area contributed by atoms with Gasteiger partial charge in [-0.3, -0.25) is 4.79 Å². The van der Waals surface area contributed by atoms with Crippen LogP contribution in [0.3, 0.4) is 0 Å². The fourth-order valence-electron chi connectivity index (χ4n) is 3.49. The van der Waals surface area contributed by atoms with Crippen molar-refractivity contribution >= 4 is 16.0 Å². The van der Waals surface area contributed by atoms with Gasteiger partial charge in [-0.05, 0) is 61.6 Å². The van der Waals surface area contributed by atoms with Crippen LogP contribution >= 0.6 is 0 Å². The Labute approximate surface area is 178 Å². The number of ether oxygens (including phenoxy) is 1. The number of esters is 1. The first-order valence-corrected chi connectivity index (χ1v) is 11.2. The molecule has 2 aromatic rings. The van der Waals surface area contributed by atoms with Crippen LogP contribution in [0.1, 0.15) is 38.3 Å². The van der Waals surface area contributed by atoms with Crippen LogP contribution in [-0.2, 0) is 32.5 Å². The topological polar surface area (TPSA) is 87.5 Å². The summed E-state index contributed by atoms with van der Waals surface area (Å²) in [6.07, 6.45) is 0.519. The highest BCUT2D eigenvalue weighted by Gasteiger charge is 2.31. The number of nitrogens with zero attached hydrogens (tertiary/aromatic N) is 2. The predicted octanol–water partition coefficient (Wildman–Crippen LogP) is 3.90. The molecule has 0 N–H and O–H groups in total. The summed E-state index contributed by atoms with van der Waals surface area (Å²) in [5.74, 6) is -0.824. The Hall–Kier alpha value is -2.69. The van der Waals surface area contributed by atoms with E-state index < -0.39 is 21.5 Å². The zero-order chi connectivity index (χ0) is 22.1. The van der Waals surface area contributed by atoms with Gasteiger partial charge in [-0.2, -0.15) is 9.57 Å². The second-order valence-electron chi connectivity index (χ2n) is 8.60. The molecule has 0 aliphatic carbocycles. The molecule has 0 bridgehead atoms. The molecule has 0 amide bonds. The molecule has 0 saturated carbocycles. The van der Waals surface area contributed by atoms with Gasteiger partial charge in [0.15, 0.2) is 0 Å². The standard InChI is InChI=1S/C23H26N2O4S/c1-23(2,3)29-22(26)12-17(14-24)11-16-5-7-18(8-6-16)19-9-10-21-20(13-19)15-25(4)30(21,27)28/h5-10,13,17H,11-12,15H2,1-4H3/t17-/m1/s1. The van der Waals surface area contributed by atoms with Crippen molar-refractivity contribution in [1.82, 2.24) is 4.31 Å². The highest BCUT2D eigenvalue weighted by atomic mass is 32.2. The fraction of sp³-hybridized carbons (Fsp3) is 0.391. The van der Waals surface area contributed by atoms with E-state index in [1.807, 2.05) is 36.4 Å². The number of nitriles is 1. The third-order valence-corrected chi connectivity index (χ3v) is 6.83. The summed E-state index contributed by atoms with van der Waals surface area (Å²) in [6, 6.07) is 15.3. The monoisotopic (exact) mass is 426 g/mol. The number of hydrogen-bond donors (Lipinski definition) is 0. The summed E-state index contributed by atoms with van der Waals surface area (Å²) in [5, 5.41) is 9.41. The van der Waals surface area contributed by atoms with E-state index in [4.69, 9.17) is 4.74 Å². The molecule has 2 aromatic carbocycles. The lowest BCUT2D eigenvalue weighted by molar-refractivity contribution is -0.155. The van der Waals surface area contributed by atoms with Crippen molar-refractivity contribution < 1.29 is 17.9 Å². The third kappa shape index (κ3) is 4.89. The minimum Gasteiger partial charge on any atom is -0.460 e. The van der Waals surface area contributed by atoms with E-state index >= 15 is 0 Å². The number of rotatable bonds is 5. The Balaban J connectivity index is 1.71. The van der Waals surface area contributed by atoms with E-state index in [1.165, 1.54) is 4.31 Å². The first-order chi connectivity index (χ1) is 14.0. The zero-order valence-corrected chi connectivity index (χ0v) is 18.5. The molecule has 1 aliphatic heterocycles. The van der Waals surface area contributed by atoms with Crippen molar-refractivity contribution in [3.8, 4) is 17.2 Å². The van der Waals surface area contributed by atoms with Crippen LogP contribution in [-0.4, -0.2) is 31.3 Å².